The number of hydrogen-bond donors (Lipinski definition) is 1. The standard InChI is InChI=1S/C29H35N3O4/c1-30-24(18-31-11-9-21-13-27(35-2)28(36-3)14-23(21)17-31)15-26(33)29(34)25(30)19-32-12-10-22(16-32)20-7-5-4-6-8-20/h4-8,13-15,22,34H,9-12,16-19H2,1-3H3. The van der Waals surface area contributed by atoms with E-state index in [0.29, 0.717) is 24.7 Å². The van der Waals surface area contributed by atoms with Gasteiger partial charge in [0.2, 0.25) is 5.43 Å². The monoisotopic (exact) mass is 489 g/mol. The van der Waals surface area contributed by atoms with Gasteiger partial charge in [-0.05, 0) is 54.1 Å². The number of nitrogens with zero attached hydrogens (tertiary/aromatic N) is 3. The maximum Gasteiger partial charge on any atom is 0.223 e. The first-order valence-corrected chi connectivity index (χ1v) is 12.6. The molecule has 5 rings (SSSR count). The number of likely N-dealkylation sites (tertiary alicyclic amines) is 1. The van der Waals surface area contributed by atoms with Crippen LogP contribution in [0, 0.1) is 0 Å². The SMILES string of the molecule is COc1cc2c(cc1OC)CN(Cc1cc(=O)c(O)c(CN3CCC(c4ccccc4)C3)n1C)CC2. The van der Waals surface area contributed by atoms with E-state index in [4.69, 9.17) is 9.47 Å². The summed E-state index contributed by atoms with van der Waals surface area (Å²) >= 11 is 0. The molecule has 1 N–H and O–H groups in total. The van der Waals surface area contributed by atoms with Gasteiger partial charge in [-0.2, -0.15) is 0 Å². The molecule has 0 spiro atoms. The number of aromatic nitrogens is 1. The van der Waals surface area contributed by atoms with Crippen LogP contribution >= 0.6 is 0 Å². The first-order chi connectivity index (χ1) is 17.5. The molecule has 0 radical (unpaired) electrons. The molecule has 1 fully saturated rings. The summed E-state index contributed by atoms with van der Waals surface area (Å²) in [6.07, 6.45) is 1.99. The summed E-state index contributed by atoms with van der Waals surface area (Å²) in [5.41, 5.74) is 5.14. The topological polar surface area (TPSA) is 67.2 Å². The fourth-order valence-electron chi connectivity index (χ4n) is 5.61. The highest BCUT2D eigenvalue weighted by atomic mass is 16.5. The van der Waals surface area contributed by atoms with Crippen LogP contribution in [-0.2, 0) is 33.1 Å². The minimum atomic E-state index is -0.305. The number of benzene rings is 2. The third kappa shape index (κ3) is 4.86. The Morgan fingerprint density at radius 2 is 1.67 bits per heavy atom. The normalized spacial score (nSPS) is 18.2. The highest BCUT2D eigenvalue weighted by molar-refractivity contribution is 5.48. The van der Waals surface area contributed by atoms with E-state index >= 15 is 0 Å². The lowest BCUT2D eigenvalue weighted by atomic mass is 9.98. The fraction of sp³-hybridized carbons (Fsp3) is 0.414. The smallest absolute Gasteiger partial charge is 0.223 e. The Bertz CT molecular complexity index is 1290. The van der Waals surface area contributed by atoms with Crippen molar-refractivity contribution in [1.82, 2.24) is 14.4 Å². The Kier molecular flexibility index (Phi) is 7.03. The van der Waals surface area contributed by atoms with Gasteiger partial charge in [0.25, 0.3) is 0 Å². The molecule has 3 aromatic rings. The fourth-order valence-corrected chi connectivity index (χ4v) is 5.61. The van der Waals surface area contributed by atoms with Crippen molar-refractivity contribution >= 4 is 0 Å². The van der Waals surface area contributed by atoms with Crippen molar-refractivity contribution in [3.05, 3.63) is 86.8 Å². The van der Waals surface area contributed by atoms with E-state index in [9.17, 15) is 9.90 Å². The second-order valence-corrected chi connectivity index (χ2v) is 9.92. The number of aromatic hydroxyl groups is 1. The van der Waals surface area contributed by atoms with E-state index in [1.54, 1.807) is 20.3 Å². The lowest BCUT2D eigenvalue weighted by molar-refractivity contribution is 0.236. The minimum Gasteiger partial charge on any atom is -0.503 e. The molecule has 2 aromatic carbocycles. The van der Waals surface area contributed by atoms with Gasteiger partial charge >= 0.3 is 0 Å². The summed E-state index contributed by atoms with van der Waals surface area (Å²) in [6, 6.07) is 16.3. The molecule has 0 saturated carbocycles. The Hall–Kier alpha value is -3.29. The summed E-state index contributed by atoms with van der Waals surface area (Å²) in [5.74, 6) is 1.84. The predicted octanol–water partition coefficient (Wildman–Crippen LogP) is 3.66. The lowest BCUT2D eigenvalue weighted by Crippen LogP contribution is -2.32. The number of methoxy groups -OCH3 is 2. The molecular formula is C29H35N3O4. The molecule has 2 aliphatic rings. The van der Waals surface area contributed by atoms with Gasteiger partial charge in [0, 0.05) is 51.5 Å². The van der Waals surface area contributed by atoms with Crippen molar-refractivity contribution in [2.24, 2.45) is 7.05 Å². The van der Waals surface area contributed by atoms with E-state index in [2.05, 4.69) is 46.2 Å². The zero-order valence-corrected chi connectivity index (χ0v) is 21.4. The highest BCUT2D eigenvalue weighted by Gasteiger charge is 2.26. The third-order valence-corrected chi connectivity index (χ3v) is 7.74. The van der Waals surface area contributed by atoms with Crippen LogP contribution in [-0.4, -0.2) is 53.3 Å². The quantitative estimate of drug-likeness (QED) is 0.547. The average Bonchev–Trinajstić information content (AvgIpc) is 3.38. The molecule has 36 heavy (non-hydrogen) atoms. The molecule has 1 aromatic heterocycles. The van der Waals surface area contributed by atoms with Gasteiger partial charge in [-0.1, -0.05) is 30.3 Å². The number of fused-ring (bicyclic) bond motifs is 1. The van der Waals surface area contributed by atoms with Crippen molar-refractivity contribution in [3.8, 4) is 17.2 Å². The molecule has 0 amide bonds. The lowest BCUT2D eigenvalue weighted by Gasteiger charge is -2.30. The first kappa shape index (κ1) is 24.4. The summed E-state index contributed by atoms with van der Waals surface area (Å²) in [7, 11) is 5.27. The van der Waals surface area contributed by atoms with E-state index < -0.39 is 0 Å². The van der Waals surface area contributed by atoms with Crippen LogP contribution in [0.3, 0.4) is 0 Å². The van der Waals surface area contributed by atoms with E-state index in [1.807, 2.05) is 17.7 Å². The summed E-state index contributed by atoms with van der Waals surface area (Å²) in [4.78, 5) is 17.4. The summed E-state index contributed by atoms with van der Waals surface area (Å²) < 4.78 is 13.0. The van der Waals surface area contributed by atoms with E-state index in [0.717, 1.165) is 56.2 Å². The summed E-state index contributed by atoms with van der Waals surface area (Å²) in [6.45, 7) is 4.73. The van der Waals surface area contributed by atoms with Crippen molar-refractivity contribution in [2.75, 3.05) is 33.9 Å². The van der Waals surface area contributed by atoms with Gasteiger partial charge in [0.15, 0.2) is 17.2 Å². The van der Waals surface area contributed by atoms with Gasteiger partial charge in [-0.3, -0.25) is 14.6 Å². The Balaban J connectivity index is 1.32. The molecule has 2 aliphatic heterocycles. The predicted molar refractivity (Wildman–Crippen MR) is 140 cm³/mol. The van der Waals surface area contributed by atoms with Crippen LogP contribution in [0.25, 0.3) is 0 Å². The zero-order valence-electron chi connectivity index (χ0n) is 21.4. The molecule has 190 valence electrons. The average molecular weight is 490 g/mol. The van der Waals surface area contributed by atoms with Crippen LogP contribution in [0.15, 0.2) is 53.3 Å². The van der Waals surface area contributed by atoms with Gasteiger partial charge in [-0.25, -0.2) is 0 Å². The molecule has 0 aliphatic carbocycles. The number of rotatable bonds is 7. The maximum atomic E-state index is 12.7. The largest absolute Gasteiger partial charge is 0.503 e. The number of pyridine rings is 1. The van der Waals surface area contributed by atoms with E-state index in [-0.39, 0.29) is 11.2 Å². The van der Waals surface area contributed by atoms with Gasteiger partial charge < -0.3 is 19.1 Å². The molecule has 1 atom stereocenters. The van der Waals surface area contributed by atoms with E-state index in [1.165, 1.54) is 16.7 Å². The van der Waals surface area contributed by atoms with Gasteiger partial charge in [-0.15, -0.1) is 0 Å². The molecule has 1 unspecified atom stereocenters. The molecule has 3 heterocycles. The molecule has 7 nitrogen and oxygen atoms in total. The molecule has 1 saturated heterocycles. The highest BCUT2D eigenvalue weighted by Crippen LogP contribution is 2.34. The van der Waals surface area contributed by atoms with Gasteiger partial charge in [0.1, 0.15) is 0 Å². The van der Waals surface area contributed by atoms with Crippen LogP contribution in [0.4, 0.5) is 0 Å². The molecule has 0 bridgehead atoms. The molecule has 7 heteroatoms. The first-order valence-electron chi connectivity index (χ1n) is 12.6. The summed E-state index contributed by atoms with van der Waals surface area (Å²) in [5, 5.41) is 10.7. The third-order valence-electron chi connectivity index (χ3n) is 7.74. The van der Waals surface area contributed by atoms with Crippen molar-refractivity contribution in [1.29, 1.82) is 0 Å². The van der Waals surface area contributed by atoms with Crippen LogP contribution in [0.2, 0.25) is 0 Å². The second-order valence-electron chi connectivity index (χ2n) is 9.92. The number of ether oxygens (including phenoxy) is 2. The number of hydrogen-bond acceptors (Lipinski definition) is 6. The maximum absolute atomic E-state index is 12.7. The minimum absolute atomic E-state index is 0.134. The Morgan fingerprint density at radius 1 is 0.944 bits per heavy atom. The van der Waals surface area contributed by atoms with Crippen molar-refractivity contribution in [3.63, 3.8) is 0 Å². The van der Waals surface area contributed by atoms with Crippen LogP contribution in [0.5, 0.6) is 17.2 Å². The van der Waals surface area contributed by atoms with Crippen molar-refractivity contribution < 1.29 is 14.6 Å². The van der Waals surface area contributed by atoms with Crippen molar-refractivity contribution in [2.45, 2.75) is 38.4 Å². The van der Waals surface area contributed by atoms with Crippen LogP contribution in [0.1, 0.15) is 40.4 Å². The Morgan fingerprint density at radius 3 is 2.39 bits per heavy atom. The van der Waals surface area contributed by atoms with Gasteiger partial charge in [0.05, 0.1) is 19.9 Å². The van der Waals surface area contributed by atoms with Crippen LogP contribution < -0.4 is 14.9 Å². The second kappa shape index (κ2) is 10.4. The molecular weight excluding hydrogens is 454 g/mol. The Labute approximate surface area is 212 Å². The zero-order chi connectivity index (χ0) is 25.2.